The highest BCUT2D eigenvalue weighted by atomic mass is 31.1. The van der Waals surface area contributed by atoms with Crippen molar-refractivity contribution in [2.24, 2.45) is 0 Å². The van der Waals surface area contributed by atoms with E-state index in [4.69, 9.17) is 0 Å². The number of nitrogens with zero attached hydrogens (tertiary/aromatic N) is 1. The molecule has 1 aromatic rings. The zero-order valence-corrected chi connectivity index (χ0v) is 17.2. The van der Waals surface area contributed by atoms with E-state index in [0.29, 0.717) is 0 Å². The summed E-state index contributed by atoms with van der Waals surface area (Å²) in [6, 6.07) is 9.08. The number of hydrogen-bond acceptors (Lipinski definition) is 1. The maximum atomic E-state index is 2.70. The van der Waals surface area contributed by atoms with Gasteiger partial charge in [0.05, 0.1) is 0 Å². The smallest absolute Gasteiger partial charge is 0.0361 e. The van der Waals surface area contributed by atoms with Gasteiger partial charge in [-0.1, -0.05) is 70.5 Å². The highest BCUT2D eigenvalue weighted by molar-refractivity contribution is 7.62. The van der Waals surface area contributed by atoms with Crippen molar-refractivity contribution in [3.8, 4) is 0 Å². The Hall–Kier alpha value is -0.810. The van der Waals surface area contributed by atoms with Crippen LogP contribution in [0.15, 0.2) is 36.2 Å². The van der Waals surface area contributed by atoms with Crippen LogP contribution in [0.5, 0.6) is 0 Å². The first kappa shape index (κ1) is 19.0. The van der Waals surface area contributed by atoms with Crippen LogP contribution in [-0.2, 0) is 6.42 Å². The fraction of sp³-hybridized carbons (Fsp3) is 0.652. The Bertz CT molecular complexity index is 504. The van der Waals surface area contributed by atoms with Crippen LogP contribution in [0.2, 0.25) is 0 Å². The second-order valence-electron chi connectivity index (χ2n) is 8.18. The predicted molar refractivity (Wildman–Crippen MR) is 114 cm³/mol. The molecule has 1 nitrogen and oxygen atoms in total. The Labute approximate surface area is 156 Å². The van der Waals surface area contributed by atoms with Crippen molar-refractivity contribution in [1.29, 1.82) is 0 Å². The van der Waals surface area contributed by atoms with E-state index < -0.39 is 0 Å². The lowest BCUT2D eigenvalue weighted by Crippen LogP contribution is -2.19. The molecule has 0 unspecified atom stereocenters. The quantitative estimate of drug-likeness (QED) is 0.498. The lowest BCUT2D eigenvalue weighted by molar-refractivity contribution is 0.486. The van der Waals surface area contributed by atoms with Gasteiger partial charge < -0.3 is 4.90 Å². The lowest BCUT2D eigenvalue weighted by atomic mass is 9.99. The molecule has 0 N–H and O–H groups in total. The van der Waals surface area contributed by atoms with Crippen LogP contribution in [0.4, 0.5) is 5.69 Å². The van der Waals surface area contributed by atoms with Gasteiger partial charge >= 0.3 is 0 Å². The summed E-state index contributed by atoms with van der Waals surface area (Å²) in [5.74, 6) is 2.70. The second kappa shape index (κ2) is 9.77. The molecule has 0 atom stereocenters. The van der Waals surface area contributed by atoms with E-state index in [1.165, 1.54) is 75.5 Å². The Morgan fingerprint density at radius 3 is 1.84 bits per heavy atom. The SMILES string of the molecule is CN(C)c1ccc(CC=CP(C2CCCCC2)C2CCCCC2)cc1. The minimum Gasteiger partial charge on any atom is -0.378 e. The van der Waals surface area contributed by atoms with Gasteiger partial charge in [-0.2, -0.15) is 0 Å². The summed E-state index contributed by atoms with van der Waals surface area (Å²) in [6.45, 7) is 0. The molecule has 0 amide bonds. The molecular formula is C23H36NP. The van der Waals surface area contributed by atoms with Crippen molar-refractivity contribution in [3.05, 3.63) is 41.7 Å². The van der Waals surface area contributed by atoms with Gasteiger partial charge in [0.15, 0.2) is 0 Å². The second-order valence-corrected chi connectivity index (χ2v) is 10.8. The van der Waals surface area contributed by atoms with Crippen LogP contribution < -0.4 is 4.90 Å². The fourth-order valence-electron chi connectivity index (χ4n) is 4.54. The first-order chi connectivity index (χ1) is 12.2. The molecule has 0 aromatic heterocycles. The normalized spacial score (nSPS) is 20.4. The van der Waals surface area contributed by atoms with Gasteiger partial charge in [-0.25, -0.2) is 0 Å². The van der Waals surface area contributed by atoms with Gasteiger partial charge in [0.25, 0.3) is 0 Å². The van der Waals surface area contributed by atoms with Gasteiger partial charge in [-0.3, -0.25) is 0 Å². The van der Waals surface area contributed by atoms with Gasteiger partial charge in [-0.15, -0.1) is 0 Å². The Morgan fingerprint density at radius 1 is 0.840 bits per heavy atom. The van der Waals surface area contributed by atoms with E-state index in [1.807, 2.05) is 0 Å². The van der Waals surface area contributed by atoms with E-state index in [2.05, 4.69) is 55.2 Å². The highest BCUT2D eigenvalue weighted by Gasteiger charge is 2.29. The van der Waals surface area contributed by atoms with Crippen LogP contribution >= 0.6 is 7.92 Å². The van der Waals surface area contributed by atoms with E-state index in [-0.39, 0.29) is 7.92 Å². The minimum absolute atomic E-state index is 0.101. The van der Waals surface area contributed by atoms with Crippen LogP contribution in [0.25, 0.3) is 0 Å². The fourth-order valence-corrected chi connectivity index (χ4v) is 7.90. The number of hydrogen-bond donors (Lipinski definition) is 0. The zero-order chi connectivity index (χ0) is 17.5. The Morgan fingerprint density at radius 2 is 1.36 bits per heavy atom. The standard InChI is InChI=1S/C23H36NP/c1-24(2)21-17-15-20(16-18-21)10-9-19-25(22-11-5-3-6-12-22)23-13-7-4-8-14-23/h9,15-19,22-23H,3-8,10-14H2,1-2H3. The molecule has 138 valence electrons. The molecule has 2 heteroatoms. The van der Waals surface area contributed by atoms with Crippen molar-refractivity contribution < 1.29 is 0 Å². The molecule has 2 aliphatic carbocycles. The van der Waals surface area contributed by atoms with Crippen LogP contribution in [-0.4, -0.2) is 25.4 Å². The summed E-state index contributed by atoms with van der Waals surface area (Å²) in [5.41, 5.74) is 4.79. The van der Waals surface area contributed by atoms with Crippen molar-refractivity contribution in [3.63, 3.8) is 0 Å². The summed E-state index contributed by atoms with van der Waals surface area (Å²) in [6.07, 6.45) is 18.5. The topological polar surface area (TPSA) is 3.24 Å². The predicted octanol–water partition coefficient (Wildman–Crippen LogP) is 6.96. The third-order valence-electron chi connectivity index (χ3n) is 6.08. The molecule has 0 aliphatic heterocycles. The van der Waals surface area contributed by atoms with Crippen LogP contribution in [0.1, 0.15) is 69.8 Å². The molecule has 25 heavy (non-hydrogen) atoms. The number of anilines is 1. The van der Waals surface area contributed by atoms with Crippen molar-refractivity contribution in [2.75, 3.05) is 19.0 Å². The van der Waals surface area contributed by atoms with E-state index >= 15 is 0 Å². The molecule has 1 aromatic carbocycles. The first-order valence-electron chi connectivity index (χ1n) is 10.4. The summed E-state index contributed by atoms with van der Waals surface area (Å²) >= 11 is 0. The van der Waals surface area contributed by atoms with Gasteiger partial charge in [0.2, 0.25) is 0 Å². The van der Waals surface area contributed by atoms with Crippen molar-refractivity contribution in [1.82, 2.24) is 0 Å². The Balaban J connectivity index is 1.62. The summed E-state index contributed by atoms with van der Waals surface area (Å²) in [5, 5.41) is 0. The number of rotatable bonds is 6. The molecule has 0 saturated heterocycles. The van der Waals surface area contributed by atoms with Gasteiger partial charge in [-0.05, 0) is 61.1 Å². The first-order valence-corrected chi connectivity index (χ1v) is 12.0. The summed E-state index contributed by atoms with van der Waals surface area (Å²) in [4.78, 5) is 2.17. The molecule has 2 saturated carbocycles. The monoisotopic (exact) mass is 357 g/mol. The molecule has 3 rings (SSSR count). The third kappa shape index (κ3) is 5.58. The van der Waals surface area contributed by atoms with E-state index in [0.717, 1.165) is 17.7 Å². The molecule has 2 fully saturated rings. The van der Waals surface area contributed by atoms with Crippen LogP contribution in [0, 0.1) is 0 Å². The average molecular weight is 358 g/mol. The largest absolute Gasteiger partial charge is 0.378 e. The Kier molecular flexibility index (Phi) is 7.41. The maximum Gasteiger partial charge on any atom is 0.0361 e. The summed E-state index contributed by atoms with van der Waals surface area (Å²) in [7, 11) is 4.32. The lowest BCUT2D eigenvalue weighted by Gasteiger charge is -2.36. The van der Waals surface area contributed by atoms with Gasteiger partial charge in [0.1, 0.15) is 0 Å². The van der Waals surface area contributed by atoms with Gasteiger partial charge in [0, 0.05) is 19.8 Å². The number of benzene rings is 1. The van der Waals surface area contributed by atoms with E-state index in [1.54, 1.807) is 0 Å². The van der Waals surface area contributed by atoms with E-state index in [9.17, 15) is 0 Å². The van der Waals surface area contributed by atoms with Crippen molar-refractivity contribution in [2.45, 2.75) is 81.9 Å². The summed E-state index contributed by atoms with van der Waals surface area (Å²) < 4.78 is 0. The van der Waals surface area contributed by atoms with Crippen LogP contribution in [0.3, 0.4) is 0 Å². The molecule has 0 radical (unpaired) electrons. The maximum absolute atomic E-state index is 2.70. The highest BCUT2D eigenvalue weighted by Crippen LogP contribution is 2.56. The third-order valence-corrected chi connectivity index (χ3v) is 9.35. The molecule has 0 bridgehead atoms. The molecule has 0 heterocycles. The molecule has 0 spiro atoms. The minimum atomic E-state index is 0.101. The molecular weight excluding hydrogens is 321 g/mol. The molecule has 2 aliphatic rings. The van der Waals surface area contributed by atoms with Crippen molar-refractivity contribution >= 4 is 13.6 Å². The number of allylic oxidation sites excluding steroid dienone is 1. The zero-order valence-electron chi connectivity index (χ0n) is 16.3. The average Bonchev–Trinajstić information content (AvgIpc) is 2.67.